The maximum atomic E-state index is 8.78. The molecular formula is C8H2N4S2. The SMILES string of the molecule is N#CC1=C(C#N)Sc2nccnc2S1. The van der Waals surface area contributed by atoms with Crippen LogP contribution in [0.2, 0.25) is 0 Å². The van der Waals surface area contributed by atoms with Gasteiger partial charge in [-0.25, -0.2) is 9.97 Å². The molecule has 1 aromatic rings. The number of thioether (sulfide) groups is 2. The van der Waals surface area contributed by atoms with Gasteiger partial charge in [-0.05, 0) is 0 Å². The maximum absolute atomic E-state index is 8.78. The molecule has 1 aliphatic heterocycles. The number of rotatable bonds is 0. The van der Waals surface area contributed by atoms with Crippen molar-refractivity contribution in [1.29, 1.82) is 10.5 Å². The maximum Gasteiger partial charge on any atom is 0.134 e. The van der Waals surface area contributed by atoms with Crippen molar-refractivity contribution in [3.05, 3.63) is 22.2 Å². The van der Waals surface area contributed by atoms with Crippen molar-refractivity contribution >= 4 is 23.5 Å². The van der Waals surface area contributed by atoms with Gasteiger partial charge in [0, 0.05) is 12.4 Å². The average molecular weight is 218 g/mol. The van der Waals surface area contributed by atoms with E-state index in [-0.39, 0.29) is 0 Å². The lowest BCUT2D eigenvalue weighted by Gasteiger charge is -2.10. The largest absolute Gasteiger partial charge is 0.245 e. The summed E-state index contributed by atoms with van der Waals surface area (Å²) in [7, 11) is 0. The number of fused-ring (bicyclic) bond motifs is 1. The van der Waals surface area contributed by atoms with Crippen LogP contribution in [-0.4, -0.2) is 9.97 Å². The Morgan fingerprint density at radius 3 is 1.71 bits per heavy atom. The molecule has 14 heavy (non-hydrogen) atoms. The minimum atomic E-state index is 0.394. The van der Waals surface area contributed by atoms with Gasteiger partial charge in [0.05, 0.1) is 0 Å². The highest BCUT2D eigenvalue weighted by atomic mass is 32.2. The van der Waals surface area contributed by atoms with Gasteiger partial charge in [-0.1, -0.05) is 23.5 Å². The van der Waals surface area contributed by atoms with Crippen LogP contribution < -0.4 is 0 Å². The fraction of sp³-hybridized carbons (Fsp3) is 0. The van der Waals surface area contributed by atoms with Gasteiger partial charge >= 0.3 is 0 Å². The van der Waals surface area contributed by atoms with Gasteiger partial charge in [0.25, 0.3) is 0 Å². The zero-order valence-corrected chi connectivity index (χ0v) is 8.39. The Labute approximate surface area is 88.7 Å². The molecule has 66 valence electrons. The second-order valence-electron chi connectivity index (χ2n) is 2.25. The van der Waals surface area contributed by atoms with Gasteiger partial charge in [-0.15, -0.1) is 0 Å². The number of nitrogens with zero attached hydrogens (tertiary/aromatic N) is 4. The van der Waals surface area contributed by atoms with Gasteiger partial charge in [0.1, 0.15) is 32.0 Å². The summed E-state index contributed by atoms with van der Waals surface area (Å²) in [6.45, 7) is 0. The lowest BCUT2D eigenvalue weighted by Crippen LogP contribution is -1.95. The minimum Gasteiger partial charge on any atom is -0.245 e. The summed E-state index contributed by atoms with van der Waals surface area (Å²) in [5, 5.41) is 18.9. The monoisotopic (exact) mass is 218 g/mol. The Bertz CT molecular complexity index is 450. The zero-order chi connectivity index (χ0) is 9.97. The van der Waals surface area contributed by atoms with E-state index in [1.54, 1.807) is 12.4 Å². The van der Waals surface area contributed by atoms with Crippen LogP contribution in [0.1, 0.15) is 0 Å². The molecule has 0 atom stereocenters. The molecule has 0 saturated heterocycles. The van der Waals surface area contributed by atoms with Crippen LogP contribution >= 0.6 is 23.5 Å². The molecule has 0 spiro atoms. The number of hydrogen-bond acceptors (Lipinski definition) is 6. The van der Waals surface area contributed by atoms with Gasteiger partial charge in [0.2, 0.25) is 0 Å². The molecule has 0 radical (unpaired) electrons. The van der Waals surface area contributed by atoms with E-state index in [0.717, 1.165) is 0 Å². The minimum absolute atomic E-state index is 0.394. The van der Waals surface area contributed by atoms with Gasteiger partial charge in [0.15, 0.2) is 0 Å². The van der Waals surface area contributed by atoms with Crippen LogP contribution in [0.5, 0.6) is 0 Å². The Kier molecular flexibility index (Phi) is 2.40. The third-order valence-corrected chi connectivity index (χ3v) is 3.68. The molecule has 2 rings (SSSR count). The van der Waals surface area contributed by atoms with Crippen LogP contribution in [0.4, 0.5) is 0 Å². The molecule has 0 saturated carbocycles. The molecule has 1 aliphatic rings. The predicted octanol–water partition coefficient (Wildman–Crippen LogP) is 1.93. The molecule has 0 unspecified atom stereocenters. The second kappa shape index (κ2) is 3.70. The summed E-state index contributed by atoms with van der Waals surface area (Å²) < 4.78 is 0. The van der Waals surface area contributed by atoms with Crippen molar-refractivity contribution in [3.63, 3.8) is 0 Å². The van der Waals surface area contributed by atoms with Crippen molar-refractivity contribution < 1.29 is 0 Å². The van der Waals surface area contributed by atoms with Crippen molar-refractivity contribution in [3.8, 4) is 12.1 Å². The molecule has 0 N–H and O–H groups in total. The first-order valence-electron chi connectivity index (χ1n) is 3.56. The number of allylic oxidation sites excluding steroid dienone is 2. The fourth-order valence-corrected chi connectivity index (χ4v) is 2.65. The summed E-state index contributed by atoms with van der Waals surface area (Å²) in [6.07, 6.45) is 3.14. The Morgan fingerprint density at radius 2 is 1.36 bits per heavy atom. The molecule has 1 aromatic heterocycles. The lowest BCUT2D eigenvalue weighted by atomic mass is 10.5. The van der Waals surface area contributed by atoms with E-state index < -0.39 is 0 Å². The predicted molar refractivity (Wildman–Crippen MR) is 52.0 cm³/mol. The summed E-state index contributed by atoms with van der Waals surface area (Å²) in [5.74, 6) is 0. The van der Waals surface area contributed by atoms with Gasteiger partial charge in [-0.3, -0.25) is 0 Å². The van der Waals surface area contributed by atoms with Gasteiger partial charge < -0.3 is 0 Å². The third kappa shape index (κ3) is 1.46. The molecule has 2 heterocycles. The summed E-state index contributed by atoms with van der Waals surface area (Å²) in [6, 6.07) is 3.95. The Hall–Kier alpha value is -1.50. The third-order valence-electron chi connectivity index (χ3n) is 1.44. The highest BCUT2D eigenvalue weighted by Crippen LogP contribution is 2.43. The molecule has 6 heteroatoms. The zero-order valence-electron chi connectivity index (χ0n) is 6.76. The van der Waals surface area contributed by atoms with E-state index >= 15 is 0 Å². The summed E-state index contributed by atoms with van der Waals surface area (Å²) in [5.41, 5.74) is 0. The van der Waals surface area contributed by atoms with Crippen LogP contribution in [0.25, 0.3) is 0 Å². The van der Waals surface area contributed by atoms with Crippen LogP contribution in [0.15, 0.2) is 32.3 Å². The highest BCUT2D eigenvalue weighted by molar-refractivity contribution is 8.09. The quantitative estimate of drug-likeness (QED) is 0.662. The molecule has 4 nitrogen and oxygen atoms in total. The van der Waals surface area contributed by atoms with E-state index in [1.165, 1.54) is 23.5 Å². The standard InChI is InChI=1S/C8H2N4S2/c9-3-5-6(4-10)14-8-7(13-5)11-1-2-12-8/h1-2H. The second-order valence-corrected chi connectivity index (χ2v) is 4.25. The molecule has 0 aliphatic carbocycles. The number of hydrogen-bond donors (Lipinski definition) is 0. The smallest absolute Gasteiger partial charge is 0.134 e. The van der Waals surface area contributed by atoms with Crippen molar-refractivity contribution in [1.82, 2.24) is 9.97 Å². The molecule has 0 fully saturated rings. The first-order chi connectivity index (χ1) is 6.85. The van der Waals surface area contributed by atoms with E-state index in [4.69, 9.17) is 10.5 Å². The van der Waals surface area contributed by atoms with E-state index in [9.17, 15) is 0 Å². The Morgan fingerprint density at radius 1 is 0.929 bits per heavy atom. The van der Waals surface area contributed by atoms with Crippen molar-refractivity contribution in [2.24, 2.45) is 0 Å². The van der Waals surface area contributed by atoms with Crippen LogP contribution in [0, 0.1) is 22.7 Å². The molecular weight excluding hydrogens is 216 g/mol. The molecule has 0 aromatic carbocycles. The average Bonchev–Trinajstić information content (AvgIpc) is 2.27. The normalized spacial score (nSPS) is 14.1. The lowest BCUT2D eigenvalue weighted by molar-refractivity contribution is 0.922. The van der Waals surface area contributed by atoms with E-state index in [1.807, 2.05) is 12.1 Å². The van der Waals surface area contributed by atoms with Crippen molar-refractivity contribution in [2.45, 2.75) is 10.1 Å². The topological polar surface area (TPSA) is 73.4 Å². The van der Waals surface area contributed by atoms with Gasteiger partial charge in [-0.2, -0.15) is 10.5 Å². The number of nitriles is 2. The first-order valence-corrected chi connectivity index (χ1v) is 5.19. The van der Waals surface area contributed by atoms with Crippen LogP contribution in [0.3, 0.4) is 0 Å². The highest BCUT2D eigenvalue weighted by Gasteiger charge is 2.21. The van der Waals surface area contributed by atoms with Crippen molar-refractivity contribution in [2.75, 3.05) is 0 Å². The summed E-state index contributed by atoms with van der Waals surface area (Å²) >= 11 is 2.38. The summed E-state index contributed by atoms with van der Waals surface area (Å²) in [4.78, 5) is 8.93. The van der Waals surface area contributed by atoms with E-state index in [0.29, 0.717) is 19.9 Å². The first kappa shape index (κ1) is 9.07. The number of aromatic nitrogens is 2. The molecule has 0 bridgehead atoms. The van der Waals surface area contributed by atoms with E-state index in [2.05, 4.69) is 9.97 Å². The Balaban J connectivity index is 2.48. The fourth-order valence-electron chi connectivity index (χ4n) is 0.886. The molecule has 0 amide bonds. The van der Waals surface area contributed by atoms with Crippen LogP contribution in [-0.2, 0) is 0 Å².